The summed E-state index contributed by atoms with van der Waals surface area (Å²) in [7, 11) is 0. The van der Waals surface area contributed by atoms with Crippen molar-refractivity contribution in [3.63, 3.8) is 0 Å². The van der Waals surface area contributed by atoms with Crippen LogP contribution in [0.3, 0.4) is 0 Å². The molecule has 9 heteroatoms. The molecule has 2 aliphatic rings. The molecule has 3 heterocycles. The van der Waals surface area contributed by atoms with Crippen LogP contribution in [0.15, 0.2) is 66.8 Å². The molecular formula is C26H27F3N4O2. The second kappa shape index (κ2) is 9.95. The Morgan fingerprint density at radius 1 is 1.23 bits per heavy atom. The SMILES string of the molecule is C=C1C(N2CCOCC2)=CC(c2cc(NC(=O)c3cccc(C(F)(F)F)c3)cnc2C)=CN1CC. The van der Waals surface area contributed by atoms with E-state index in [1.54, 1.807) is 6.07 Å². The quantitative estimate of drug-likeness (QED) is 0.643. The normalized spacial score (nSPS) is 16.7. The lowest BCUT2D eigenvalue weighted by Crippen LogP contribution is -2.38. The third kappa shape index (κ3) is 5.40. The number of hydrogen-bond acceptors (Lipinski definition) is 5. The van der Waals surface area contributed by atoms with Gasteiger partial charge < -0.3 is 19.9 Å². The van der Waals surface area contributed by atoms with Crippen LogP contribution < -0.4 is 5.32 Å². The summed E-state index contributed by atoms with van der Waals surface area (Å²) in [5.74, 6) is -0.640. The Morgan fingerprint density at radius 2 is 1.97 bits per heavy atom. The van der Waals surface area contributed by atoms with Crippen LogP contribution in [0.5, 0.6) is 0 Å². The average molecular weight is 485 g/mol. The van der Waals surface area contributed by atoms with E-state index >= 15 is 0 Å². The van der Waals surface area contributed by atoms with Crippen LogP contribution in [0, 0.1) is 6.92 Å². The minimum absolute atomic E-state index is 0.0817. The first-order valence-corrected chi connectivity index (χ1v) is 11.3. The summed E-state index contributed by atoms with van der Waals surface area (Å²) in [6, 6.07) is 6.12. The lowest BCUT2D eigenvalue weighted by atomic mass is 9.99. The van der Waals surface area contributed by atoms with Crippen molar-refractivity contribution < 1.29 is 22.7 Å². The number of hydrogen-bond donors (Lipinski definition) is 1. The first-order chi connectivity index (χ1) is 16.7. The van der Waals surface area contributed by atoms with Crippen LogP contribution in [0.2, 0.25) is 0 Å². The molecule has 184 valence electrons. The van der Waals surface area contributed by atoms with E-state index in [9.17, 15) is 18.0 Å². The van der Waals surface area contributed by atoms with Crippen LogP contribution in [-0.4, -0.2) is 53.5 Å². The molecule has 0 aliphatic carbocycles. The second-order valence-electron chi connectivity index (χ2n) is 8.34. The van der Waals surface area contributed by atoms with Crippen molar-refractivity contribution in [1.29, 1.82) is 0 Å². The molecule has 1 N–H and O–H groups in total. The molecule has 0 unspecified atom stereocenters. The summed E-state index contributed by atoms with van der Waals surface area (Å²) in [6.45, 7) is 11.7. The van der Waals surface area contributed by atoms with Crippen molar-refractivity contribution >= 4 is 17.2 Å². The van der Waals surface area contributed by atoms with E-state index in [-0.39, 0.29) is 5.56 Å². The Balaban J connectivity index is 1.63. The van der Waals surface area contributed by atoms with E-state index in [0.717, 1.165) is 60.0 Å². The highest BCUT2D eigenvalue weighted by molar-refractivity contribution is 6.04. The fourth-order valence-corrected chi connectivity index (χ4v) is 4.10. The highest BCUT2D eigenvalue weighted by Crippen LogP contribution is 2.33. The van der Waals surface area contributed by atoms with Gasteiger partial charge in [0, 0.05) is 48.2 Å². The number of anilines is 1. The van der Waals surface area contributed by atoms with Gasteiger partial charge in [-0.2, -0.15) is 13.2 Å². The fraction of sp³-hybridized carbons (Fsp3) is 0.308. The molecule has 0 saturated carbocycles. The summed E-state index contributed by atoms with van der Waals surface area (Å²) in [6.07, 6.45) is 1.02. The van der Waals surface area contributed by atoms with Gasteiger partial charge in [-0.25, -0.2) is 0 Å². The number of benzene rings is 1. The third-order valence-electron chi connectivity index (χ3n) is 6.03. The molecule has 6 nitrogen and oxygen atoms in total. The van der Waals surface area contributed by atoms with Crippen molar-refractivity contribution in [1.82, 2.24) is 14.8 Å². The number of aromatic nitrogens is 1. The molecule has 1 fully saturated rings. The summed E-state index contributed by atoms with van der Waals surface area (Å²) >= 11 is 0. The van der Waals surface area contributed by atoms with Crippen LogP contribution in [0.25, 0.3) is 5.57 Å². The van der Waals surface area contributed by atoms with Crippen molar-refractivity contribution in [3.05, 3.63) is 89.2 Å². The smallest absolute Gasteiger partial charge is 0.378 e. The first kappa shape index (κ1) is 24.5. The van der Waals surface area contributed by atoms with Crippen LogP contribution in [0.1, 0.15) is 34.1 Å². The number of aryl methyl sites for hydroxylation is 1. The van der Waals surface area contributed by atoms with Gasteiger partial charge in [-0.05, 0) is 44.2 Å². The predicted molar refractivity (Wildman–Crippen MR) is 128 cm³/mol. The van der Waals surface area contributed by atoms with Crippen molar-refractivity contribution in [2.24, 2.45) is 0 Å². The molecule has 1 aromatic heterocycles. The fourth-order valence-electron chi connectivity index (χ4n) is 4.10. The Kier molecular flexibility index (Phi) is 6.98. The number of nitrogens with one attached hydrogen (secondary N) is 1. The summed E-state index contributed by atoms with van der Waals surface area (Å²) in [5, 5.41) is 2.68. The van der Waals surface area contributed by atoms with E-state index in [0.29, 0.717) is 18.9 Å². The average Bonchev–Trinajstić information content (AvgIpc) is 2.85. The van der Waals surface area contributed by atoms with Gasteiger partial charge >= 0.3 is 6.18 Å². The summed E-state index contributed by atoms with van der Waals surface area (Å²) in [5.41, 5.74) is 3.81. The molecule has 4 rings (SSSR count). The highest BCUT2D eigenvalue weighted by Gasteiger charge is 2.31. The maximum atomic E-state index is 13.0. The Morgan fingerprint density at radius 3 is 2.66 bits per heavy atom. The van der Waals surface area contributed by atoms with Gasteiger partial charge in [-0.15, -0.1) is 0 Å². The molecule has 1 saturated heterocycles. The van der Waals surface area contributed by atoms with Gasteiger partial charge in [-0.1, -0.05) is 12.6 Å². The number of nitrogens with zero attached hydrogens (tertiary/aromatic N) is 3. The third-order valence-corrected chi connectivity index (χ3v) is 6.03. The summed E-state index contributed by atoms with van der Waals surface area (Å²) in [4.78, 5) is 21.4. The number of pyridine rings is 1. The largest absolute Gasteiger partial charge is 0.416 e. The minimum Gasteiger partial charge on any atom is -0.378 e. The Bertz CT molecular complexity index is 1200. The number of carbonyl (C=O) groups is 1. The van der Waals surface area contributed by atoms with Gasteiger partial charge in [-0.3, -0.25) is 9.78 Å². The van der Waals surface area contributed by atoms with E-state index < -0.39 is 17.6 Å². The van der Waals surface area contributed by atoms with Crippen molar-refractivity contribution in [2.75, 3.05) is 38.2 Å². The number of ether oxygens (including phenoxy) is 1. The molecule has 0 spiro atoms. The van der Waals surface area contributed by atoms with Crippen molar-refractivity contribution in [3.8, 4) is 0 Å². The molecule has 35 heavy (non-hydrogen) atoms. The second-order valence-corrected chi connectivity index (χ2v) is 8.34. The maximum Gasteiger partial charge on any atom is 0.416 e. The number of morpholine rings is 1. The zero-order chi connectivity index (χ0) is 25.2. The van der Waals surface area contributed by atoms with Gasteiger partial charge in [0.25, 0.3) is 5.91 Å². The molecule has 1 amide bonds. The Labute approximate surface area is 202 Å². The lowest BCUT2D eigenvalue weighted by molar-refractivity contribution is -0.137. The number of likely N-dealkylation sites (N-methyl/N-ethyl adjacent to an activating group) is 1. The number of carbonyl (C=O) groups excluding carboxylic acids is 1. The standard InChI is InChI=1S/C26H27F3N4O2/c1-4-32-16-20(13-24(18(32)3)33-8-10-35-11-9-33)23-14-22(15-30-17(23)2)31-25(34)19-6-5-7-21(12-19)26(27,28)29/h5-7,12-16H,3-4,8-11H2,1-2H3,(H,31,34). The zero-order valence-corrected chi connectivity index (χ0v) is 19.7. The molecule has 0 radical (unpaired) electrons. The number of rotatable bonds is 5. The molecular weight excluding hydrogens is 457 g/mol. The first-order valence-electron chi connectivity index (χ1n) is 11.3. The van der Waals surface area contributed by atoms with E-state index in [1.165, 1.54) is 18.3 Å². The topological polar surface area (TPSA) is 57.7 Å². The molecule has 2 aliphatic heterocycles. The zero-order valence-electron chi connectivity index (χ0n) is 19.7. The van der Waals surface area contributed by atoms with Crippen molar-refractivity contribution in [2.45, 2.75) is 20.0 Å². The van der Waals surface area contributed by atoms with Crippen LogP contribution >= 0.6 is 0 Å². The maximum absolute atomic E-state index is 13.0. The van der Waals surface area contributed by atoms with Gasteiger partial charge in [0.1, 0.15) is 0 Å². The van der Waals surface area contributed by atoms with Crippen LogP contribution in [0.4, 0.5) is 18.9 Å². The van der Waals surface area contributed by atoms with E-state index in [1.807, 2.05) is 20.0 Å². The predicted octanol–water partition coefficient (Wildman–Crippen LogP) is 5.07. The monoisotopic (exact) mass is 484 g/mol. The van der Waals surface area contributed by atoms with Gasteiger partial charge in [0.2, 0.25) is 0 Å². The number of halogens is 3. The highest BCUT2D eigenvalue weighted by atomic mass is 19.4. The summed E-state index contributed by atoms with van der Waals surface area (Å²) < 4.78 is 44.6. The number of allylic oxidation sites excluding steroid dienone is 2. The lowest BCUT2D eigenvalue weighted by Gasteiger charge is -2.37. The molecule has 0 atom stereocenters. The Hall–Kier alpha value is -3.59. The van der Waals surface area contributed by atoms with E-state index in [4.69, 9.17) is 4.74 Å². The molecule has 2 aromatic rings. The van der Waals surface area contributed by atoms with Crippen LogP contribution in [-0.2, 0) is 10.9 Å². The molecule has 0 bridgehead atoms. The number of alkyl halides is 3. The van der Waals surface area contributed by atoms with Gasteiger partial charge in [0.15, 0.2) is 0 Å². The number of amides is 1. The van der Waals surface area contributed by atoms with E-state index in [2.05, 4.69) is 32.8 Å². The van der Waals surface area contributed by atoms with Gasteiger partial charge in [0.05, 0.1) is 42.1 Å². The minimum atomic E-state index is -4.53. The molecule has 1 aromatic carbocycles.